The van der Waals surface area contributed by atoms with E-state index in [-0.39, 0.29) is 22.5 Å². The maximum atomic E-state index is 13.4. The first-order chi connectivity index (χ1) is 9.97. The first-order valence-corrected chi connectivity index (χ1v) is 6.59. The number of nitro groups is 1. The Morgan fingerprint density at radius 1 is 1.43 bits per heavy atom. The molecule has 21 heavy (non-hydrogen) atoms. The van der Waals surface area contributed by atoms with E-state index in [0.29, 0.717) is 18.7 Å². The van der Waals surface area contributed by atoms with Crippen molar-refractivity contribution in [1.29, 1.82) is 0 Å². The van der Waals surface area contributed by atoms with Crippen LogP contribution in [0.5, 0.6) is 0 Å². The molecule has 0 saturated carbocycles. The zero-order chi connectivity index (χ0) is 15.1. The van der Waals surface area contributed by atoms with Crippen LogP contribution in [0.1, 0.15) is 11.3 Å². The molecule has 3 rings (SSSR count). The Morgan fingerprint density at radius 2 is 2.19 bits per heavy atom. The van der Waals surface area contributed by atoms with Gasteiger partial charge in [0.05, 0.1) is 4.92 Å². The maximum Gasteiger partial charge on any atom is 0.333 e. The van der Waals surface area contributed by atoms with Crippen LogP contribution in [0.4, 0.5) is 21.6 Å². The number of aryl methyl sites for hydroxylation is 1. The van der Waals surface area contributed by atoms with E-state index in [1.165, 1.54) is 19.1 Å². The lowest BCUT2D eigenvalue weighted by Crippen LogP contribution is -2.18. The molecule has 2 aromatic rings. The molecule has 6 nitrogen and oxygen atoms in total. The number of aromatic nitrogens is 2. The molecule has 1 aliphatic rings. The summed E-state index contributed by atoms with van der Waals surface area (Å²) in [6.07, 6.45) is 0.660. The molecule has 0 bridgehead atoms. The molecule has 2 heterocycles. The van der Waals surface area contributed by atoms with Crippen LogP contribution in [0.3, 0.4) is 0 Å². The number of anilines is 2. The topological polar surface area (TPSA) is 72.2 Å². The van der Waals surface area contributed by atoms with Crippen molar-refractivity contribution < 1.29 is 9.31 Å². The number of fused-ring (bicyclic) bond motifs is 1. The number of halogens is 2. The van der Waals surface area contributed by atoms with Gasteiger partial charge in [0.15, 0.2) is 0 Å². The molecule has 0 saturated heterocycles. The van der Waals surface area contributed by atoms with Gasteiger partial charge in [0.25, 0.3) is 0 Å². The molecule has 1 aromatic carbocycles. The normalized spacial score (nSPS) is 13.4. The van der Waals surface area contributed by atoms with Crippen LogP contribution in [0.15, 0.2) is 18.2 Å². The van der Waals surface area contributed by atoms with Gasteiger partial charge >= 0.3 is 5.69 Å². The fourth-order valence-corrected chi connectivity index (χ4v) is 2.70. The van der Waals surface area contributed by atoms with Crippen molar-refractivity contribution in [2.45, 2.75) is 13.3 Å². The minimum absolute atomic E-state index is 0.0713. The highest BCUT2D eigenvalue weighted by molar-refractivity contribution is 6.28. The lowest BCUT2D eigenvalue weighted by Gasteiger charge is -2.18. The van der Waals surface area contributed by atoms with E-state index in [0.717, 1.165) is 5.56 Å². The van der Waals surface area contributed by atoms with E-state index < -0.39 is 10.7 Å². The zero-order valence-electron chi connectivity index (χ0n) is 11.0. The van der Waals surface area contributed by atoms with Crippen LogP contribution in [-0.2, 0) is 6.42 Å². The van der Waals surface area contributed by atoms with Gasteiger partial charge in [0.2, 0.25) is 11.1 Å². The Kier molecular flexibility index (Phi) is 3.21. The Labute approximate surface area is 124 Å². The number of hydrogen-bond acceptors (Lipinski definition) is 5. The summed E-state index contributed by atoms with van der Waals surface area (Å²) in [5, 5.41) is 11.2. The second-order valence-corrected chi connectivity index (χ2v) is 5.02. The molecule has 1 aromatic heterocycles. The van der Waals surface area contributed by atoms with E-state index in [9.17, 15) is 14.5 Å². The molecule has 0 atom stereocenters. The van der Waals surface area contributed by atoms with Gasteiger partial charge in [-0.3, -0.25) is 10.1 Å². The summed E-state index contributed by atoms with van der Waals surface area (Å²) in [7, 11) is 0. The number of rotatable bonds is 2. The molecule has 0 fully saturated rings. The second kappa shape index (κ2) is 4.92. The van der Waals surface area contributed by atoms with Gasteiger partial charge in [-0.2, -0.15) is 4.98 Å². The summed E-state index contributed by atoms with van der Waals surface area (Å²) in [6, 6.07) is 4.39. The third-order valence-electron chi connectivity index (χ3n) is 3.39. The summed E-state index contributed by atoms with van der Waals surface area (Å²) in [4.78, 5) is 20.1. The molecule has 0 spiro atoms. The summed E-state index contributed by atoms with van der Waals surface area (Å²) in [5.74, 6) is -0.304. The Morgan fingerprint density at radius 3 is 2.90 bits per heavy atom. The summed E-state index contributed by atoms with van der Waals surface area (Å²) < 4.78 is 13.4. The summed E-state index contributed by atoms with van der Waals surface area (Å²) >= 11 is 5.82. The molecule has 0 radical (unpaired) electrons. The molecule has 0 aliphatic carbocycles. The molecule has 0 unspecified atom stereocenters. The third-order valence-corrected chi connectivity index (χ3v) is 3.56. The van der Waals surface area contributed by atoms with Crippen molar-refractivity contribution in [2.75, 3.05) is 11.4 Å². The van der Waals surface area contributed by atoms with Gasteiger partial charge in [0, 0.05) is 12.2 Å². The predicted octanol–water partition coefficient (Wildman–Crippen LogP) is 3.18. The van der Waals surface area contributed by atoms with Gasteiger partial charge in [-0.05, 0) is 42.6 Å². The number of benzene rings is 1. The van der Waals surface area contributed by atoms with Gasteiger partial charge in [0.1, 0.15) is 11.5 Å². The lowest BCUT2D eigenvalue weighted by atomic mass is 10.2. The van der Waals surface area contributed by atoms with E-state index in [1.807, 2.05) is 0 Å². The quantitative estimate of drug-likeness (QED) is 0.484. The molecule has 8 heteroatoms. The van der Waals surface area contributed by atoms with Crippen molar-refractivity contribution in [3.8, 4) is 0 Å². The van der Waals surface area contributed by atoms with Crippen molar-refractivity contribution >= 4 is 28.8 Å². The van der Waals surface area contributed by atoms with Gasteiger partial charge < -0.3 is 4.90 Å². The largest absolute Gasteiger partial charge is 0.333 e. The van der Waals surface area contributed by atoms with Crippen LogP contribution in [-0.4, -0.2) is 21.4 Å². The van der Waals surface area contributed by atoms with Crippen LogP contribution >= 0.6 is 11.6 Å². The zero-order valence-corrected chi connectivity index (χ0v) is 11.8. The van der Waals surface area contributed by atoms with Crippen LogP contribution in [0.2, 0.25) is 5.28 Å². The van der Waals surface area contributed by atoms with Crippen LogP contribution in [0, 0.1) is 22.9 Å². The average molecular weight is 309 g/mol. The van der Waals surface area contributed by atoms with Gasteiger partial charge in [-0.1, -0.05) is 6.07 Å². The molecule has 1 aliphatic heterocycles. The fraction of sp³-hybridized carbons (Fsp3) is 0.231. The van der Waals surface area contributed by atoms with E-state index in [4.69, 9.17) is 11.6 Å². The Hall–Kier alpha value is -2.28. The highest BCUT2D eigenvalue weighted by atomic mass is 35.5. The molecule has 0 N–H and O–H groups in total. The lowest BCUT2D eigenvalue weighted by molar-refractivity contribution is -0.385. The Bertz CT molecular complexity index is 753. The molecular weight excluding hydrogens is 299 g/mol. The maximum absolute atomic E-state index is 13.4. The van der Waals surface area contributed by atoms with Crippen molar-refractivity contribution in [2.24, 2.45) is 0 Å². The molecular formula is C13H10ClFN4O2. The van der Waals surface area contributed by atoms with Crippen molar-refractivity contribution in [3.63, 3.8) is 0 Å². The summed E-state index contributed by atoms with van der Waals surface area (Å²) in [5.41, 5.74) is 1.46. The molecule has 0 amide bonds. The fourth-order valence-electron chi connectivity index (χ4n) is 2.49. The highest BCUT2D eigenvalue weighted by Gasteiger charge is 2.31. The number of nitrogens with zero attached hydrogens (tertiary/aromatic N) is 4. The van der Waals surface area contributed by atoms with Crippen molar-refractivity contribution in [3.05, 3.63) is 50.7 Å². The van der Waals surface area contributed by atoms with Crippen LogP contribution < -0.4 is 4.90 Å². The van der Waals surface area contributed by atoms with Crippen LogP contribution in [0.25, 0.3) is 0 Å². The van der Waals surface area contributed by atoms with E-state index in [2.05, 4.69) is 9.97 Å². The van der Waals surface area contributed by atoms with Gasteiger partial charge in [-0.25, -0.2) is 9.37 Å². The SMILES string of the molecule is Cc1nc(Cl)nc(N2CCc3ccc(F)cc32)c1[N+](=O)[O-]. The average Bonchev–Trinajstić information content (AvgIpc) is 2.79. The first kappa shape index (κ1) is 13.7. The smallest absolute Gasteiger partial charge is 0.320 e. The predicted molar refractivity (Wildman–Crippen MR) is 75.5 cm³/mol. The highest BCUT2D eigenvalue weighted by Crippen LogP contribution is 2.39. The van der Waals surface area contributed by atoms with Gasteiger partial charge in [-0.15, -0.1) is 0 Å². The first-order valence-electron chi connectivity index (χ1n) is 6.22. The van der Waals surface area contributed by atoms with Crippen molar-refractivity contribution in [1.82, 2.24) is 9.97 Å². The minimum atomic E-state index is -0.543. The number of hydrogen-bond donors (Lipinski definition) is 0. The van der Waals surface area contributed by atoms with E-state index >= 15 is 0 Å². The Balaban J connectivity index is 2.19. The van der Waals surface area contributed by atoms with E-state index in [1.54, 1.807) is 11.0 Å². The monoisotopic (exact) mass is 308 g/mol. The minimum Gasteiger partial charge on any atom is -0.320 e. The standard InChI is InChI=1S/C13H10ClFN4O2/c1-7-11(19(20)21)12(17-13(14)16-7)18-5-4-8-2-3-9(15)6-10(8)18/h2-3,6H,4-5H2,1H3. The summed E-state index contributed by atoms with van der Waals surface area (Å²) in [6.45, 7) is 1.98. The second-order valence-electron chi connectivity index (χ2n) is 4.68. The molecule has 108 valence electrons. The third kappa shape index (κ3) is 2.29.